The van der Waals surface area contributed by atoms with E-state index in [0.717, 1.165) is 6.61 Å². The number of ether oxygens (including phenoxy) is 1. The fourth-order valence-corrected chi connectivity index (χ4v) is 0.460. The summed E-state index contributed by atoms with van der Waals surface area (Å²) in [7, 11) is 0. The minimum absolute atomic E-state index is 0.194. The lowest BCUT2D eigenvalue weighted by molar-refractivity contribution is 0.0234. The van der Waals surface area contributed by atoms with E-state index in [4.69, 9.17) is 10.5 Å². The van der Waals surface area contributed by atoms with Crippen molar-refractivity contribution in [3.63, 3.8) is 0 Å². The third-order valence-corrected chi connectivity index (χ3v) is 1.13. The molecule has 2 heteroatoms. The van der Waals surface area contributed by atoms with E-state index in [9.17, 15) is 0 Å². The van der Waals surface area contributed by atoms with Crippen LogP contribution in [0.4, 0.5) is 0 Å². The van der Waals surface area contributed by atoms with Crippen LogP contribution in [-0.4, -0.2) is 19.3 Å². The Morgan fingerprint density at radius 1 is 1.40 bits per heavy atom. The Kier molecular flexibility index (Phi) is 3.91. The summed E-state index contributed by atoms with van der Waals surface area (Å²) < 4.78 is 5.43. The van der Waals surface area contributed by atoms with Crippen LogP contribution in [0.15, 0.2) is 0 Å². The van der Waals surface area contributed by atoms with Crippen LogP contribution in [0.3, 0.4) is 0 Å². The van der Waals surface area contributed by atoms with E-state index in [2.05, 4.69) is 20.8 Å². The Labute approximate surface area is 63.7 Å². The van der Waals surface area contributed by atoms with Gasteiger partial charge in [-0.2, -0.15) is 0 Å². The predicted molar refractivity (Wildman–Crippen MR) is 43.9 cm³/mol. The Morgan fingerprint density at radius 3 is 2.20 bits per heavy atom. The highest BCUT2D eigenvalue weighted by atomic mass is 16.5. The molecular weight excluding hydrogens is 126 g/mol. The van der Waals surface area contributed by atoms with Crippen LogP contribution in [0.1, 0.15) is 27.7 Å². The quantitative estimate of drug-likeness (QED) is 0.651. The average Bonchev–Trinajstić information content (AvgIpc) is 1.81. The van der Waals surface area contributed by atoms with E-state index in [1.807, 2.05) is 6.92 Å². The summed E-state index contributed by atoms with van der Waals surface area (Å²) in [4.78, 5) is 0. The molecule has 0 aliphatic carbocycles. The highest BCUT2D eigenvalue weighted by molar-refractivity contribution is 4.60. The fourth-order valence-electron chi connectivity index (χ4n) is 0.460. The molecule has 0 aromatic rings. The van der Waals surface area contributed by atoms with Gasteiger partial charge in [-0.25, -0.2) is 0 Å². The Morgan fingerprint density at radius 2 is 1.90 bits per heavy atom. The van der Waals surface area contributed by atoms with Gasteiger partial charge in [-0.1, -0.05) is 20.8 Å². The van der Waals surface area contributed by atoms with Gasteiger partial charge in [0.1, 0.15) is 0 Å². The van der Waals surface area contributed by atoms with Crippen molar-refractivity contribution in [2.75, 3.05) is 13.2 Å². The standard InChI is InChI=1S/C8H19NO/c1-7(5-9)10-6-8(2,3)4/h7H,5-6,9H2,1-4H3. The van der Waals surface area contributed by atoms with Crippen LogP contribution in [0, 0.1) is 5.41 Å². The molecule has 62 valence electrons. The van der Waals surface area contributed by atoms with Crippen molar-refractivity contribution in [2.45, 2.75) is 33.8 Å². The second kappa shape index (κ2) is 3.94. The third kappa shape index (κ3) is 6.05. The van der Waals surface area contributed by atoms with Crippen LogP contribution in [0.25, 0.3) is 0 Å². The van der Waals surface area contributed by atoms with Crippen molar-refractivity contribution < 1.29 is 4.74 Å². The summed E-state index contributed by atoms with van der Waals surface area (Å²) in [5, 5.41) is 0. The highest BCUT2D eigenvalue weighted by Crippen LogP contribution is 2.13. The zero-order chi connectivity index (χ0) is 8.20. The van der Waals surface area contributed by atoms with Gasteiger partial charge in [0.25, 0.3) is 0 Å². The van der Waals surface area contributed by atoms with Crippen molar-refractivity contribution in [1.82, 2.24) is 0 Å². The molecule has 0 spiro atoms. The summed E-state index contributed by atoms with van der Waals surface area (Å²) in [5.41, 5.74) is 5.63. The molecule has 0 saturated heterocycles. The van der Waals surface area contributed by atoms with Crippen molar-refractivity contribution in [2.24, 2.45) is 11.1 Å². The first-order chi connectivity index (χ1) is 4.45. The largest absolute Gasteiger partial charge is 0.377 e. The fraction of sp³-hybridized carbons (Fsp3) is 1.00. The van der Waals surface area contributed by atoms with Crippen LogP contribution in [-0.2, 0) is 4.74 Å². The maximum atomic E-state index is 5.43. The van der Waals surface area contributed by atoms with E-state index in [1.54, 1.807) is 0 Å². The van der Waals surface area contributed by atoms with Gasteiger partial charge in [-0.15, -0.1) is 0 Å². The van der Waals surface area contributed by atoms with Gasteiger partial charge < -0.3 is 10.5 Å². The smallest absolute Gasteiger partial charge is 0.0669 e. The van der Waals surface area contributed by atoms with Crippen LogP contribution in [0.5, 0.6) is 0 Å². The lowest BCUT2D eigenvalue weighted by atomic mass is 9.99. The molecule has 0 aromatic heterocycles. The van der Waals surface area contributed by atoms with Crippen LogP contribution >= 0.6 is 0 Å². The van der Waals surface area contributed by atoms with E-state index in [1.165, 1.54) is 0 Å². The molecule has 0 bridgehead atoms. The maximum Gasteiger partial charge on any atom is 0.0669 e. The minimum Gasteiger partial charge on any atom is -0.377 e. The average molecular weight is 145 g/mol. The Bertz CT molecular complexity index is 85.7. The molecule has 0 fully saturated rings. The van der Waals surface area contributed by atoms with E-state index in [0.29, 0.717) is 6.54 Å². The van der Waals surface area contributed by atoms with Gasteiger partial charge in [-0.05, 0) is 12.3 Å². The second-order valence-electron chi connectivity index (χ2n) is 3.92. The van der Waals surface area contributed by atoms with Gasteiger partial charge in [0.15, 0.2) is 0 Å². The lowest BCUT2D eigenvalue weighted by Crippen LogP contribution is -2.25. The van der Waals surface area contributed by atoms with E-state index < -0.39 is 0 Å². The van der Waals surface area contributed by atoms with Crippen molar-refractivity contribution in [3.8, 4) is 0 Å². The molecular formula is C8H19NO. The first kappa shape index (κ1) is 9.92. The molecule has 0 amide bonds. The van der Waals surface area contributed by atoms with Crippen molar-refractivity contribution in [3.05, 3.63) is 0 Å². The van der Waals surface area contributed by atoms with Crippen molar-refractivity contribution >= 4 is 0 Å². The molecule has 10 heavy (non-hydrogen) atoms. The zero-order valence-electron chi connectivity index (χ0n) is 7.48. The first-order valence-corrected chi connectivity index (χ1v) is 3.77. The monoisotopic (exact) mass is 145 g/mol. The highest BCUT2D eigenvalue weighted by Gasteiger charge is 2.11. The van der Waals surface area contributed by atoms with Gasteiger partial charge >= 0.3 is 0 Å². The number of rotatable bonds is 3. The second-order valence-corrected chi connectivity index (χ2v) is 3.92. The predicted octanol–water partition coefficient (Wildman–Crippen LogP) is 1.40. The molecule has 0 aromatic carbocycles. The van der Waals surface area contributed by atoms with Gasteiger partial charge in [0.05, 0.1) is 12.7 Å². The molecule has 0 radical (unpaired) electrons. The topological polar surface area (TPSA) is 35.2 Å². The van der Waals surface area contributed by atoms with E-state index in [-0.39, 0.29) is 11.5 Å². The number of hydrogen-bond acceptors (Lipinski definition) is 2. The third-order valence-electron chi connectivity index (χ3n) is 1.13. The summed E-state index contributed by atoms with van der Waals surface area (Å²) in [6.45, 7) is 9.83. The summed E-state index contributed by atoms with van der Waals surface area (Å²) in [6, 6.07) is 0. The van der Waals surface area contributed by atoms with Gasteiger partial charge in [0.2, 0.25) is 0 Å². The molecule has 0 aliphatic heterocycles. The Hall–Kier alpha value is -0.0800. The molecule has 1 atom stereocenters. The lowest BCUT2D eigenvalue weighted by Gasteiger charge is -2.20. The maximum absolute atomic E-state index is 5.43. The first-order valence-electron chi connectivity index (χ1n) is 3.77. The summed E-state index contributed by atoms with van der Waals surface area (Å²) in [5.74, 6) is 0. The zero-order valence-corrected chi connectivity index (χ0v) is 7.48. The van der Waals surface area contributed by atoms with Gasteiger partial charge in [0, 0.05) is 6.54 Å². The minimum atomic E-state index is 0.194. The van der Waals surface area contributed by atoms with Crippen LogP contribution < -0.4 is 5.73 Å². The van der Waals surface area contributed by atoms with E-state index >= 15 is 0 Å². The number of nitrogens with two attached hydrogens (primary N) is 1. The molecule has 0 aliphatic rings. The molecule has 0 rings (SSSR count). The van der Waals surface area contributed by atoms with Crippen LogP contribution in [0.2, 0.25) is 0 Å². The Balaban J connectivity index is 3.36. The van der Waals surface area contributed by atoms with Crippen molar-refractivity contribution in [1.29, 1.82) is 0 Å². The summed E-state index contributed by atoms with van der Waals surface area (Å²) >= 11 is 0. The molecule has 1 unspecified atom stereocenters. The molecule has 2 nitrogen and oxygen atoms in total. The SMILES string of the molecule is CC(CN)OCC(C)(C)C. The summed E-state index contributed by atoms with van der Waals surface area (Å²) in [6.07, 6.45) is 0.194. The molecule has 0 heterocycles. The normalized spacial score (nSPS) is 15.3. The van der Waals surface area contributed by atoms with Gasteiger partial charge in [-0.3, -0.25) is 0 Å². The molecule has 2 N–H and O–H groups in total. The number of hydrogen-bond donors (Lipinski definition) is 1. The molecule has 0 saturated carbocycles.